The molecule has 4 nitrogen and oxygen atoms in total. The Morgan fingerprint density at radius 3 is 2.31 bits per heavy atom. The van der Waals surface area contributed by atoms with Crippen LogP contribution in [0.5, 0.6) is 0 Å². The highest BCUT2D eigenvalue weighted by Gasteiger charge is 2.23. The van der Waals surface area contributed by atoms with E-state index in [1.54, 1.807) is 16.7 Å². The van der Waals surface area contributed by atoms with Crippen LogP contribution >= 0.6 is 0 Å². The SMILES string of the molecule is Cc1c(-c2ccccc2)cn(Cc2ccc(F)cc2)c(=O)c1NC(=O)C1CCCCCC1. The van der Waals surface area contributed by atoms with Crippen molar-refractivity contribution in [3.05, 3.63) is 88.1 Å². The first-order chi connectivity index (χ1) is 15.5. The van der Waals surface area contributed by atoms with Gasteiger partial charge in [-0.1, -0.05) is 68.1 Å². The quantitative estimate of drug-likeness (QED) is 0.509. The van der Waals surface area contributed by atoms with Crippen molar-refractivity contribution in [3.8, 4) is 11.1 Å². The number of hydrogen-bond acceptors (Lipinski definition) is 2. The summed E-state index contributed by atoms with van der Waals surface area (Å²) in [6, 6.07) is 16.0. The molecule has 2 aromatic carbocycles. The zero-order valence-electron chi connectivity index (χ0n) is 18.4. The van der Waals surface area contributed by atoms with Crippen LogP contribution in [0.25, 0.3) is 11.1 Å². The lowest BCUT2D eigenvalue weighted by molar-refractivity contribution is -0.120. The van der Waals surface area contributed by atoms with E-state index in [0.717, 1.165) is 60.8 Å². The number of halogens is 1. The maximum absolute atomic E-state index is 13.4. The van der Waals surface area contributed by atoms with E-state index >= 15 is 0 Å². The predicted molar refractivity (Wildman–Crippen MR) is 126 cm³/mol. The molecule has 1 saturated carbocycles. The number of anilines is 1. The average Bonchev–Trinajstić information content (AvgIpc) is 3.10. The standard InChI is InChI=1S/C27H29FN2O2/c1-19-24(21-9-7-4-8-10-21)18-30(17-20-13-15-23(28)16-14-20)27(32)25(19)29-26(31)22-11-5-2-3-6-12-22/h4,7-10,13-16,18,22H,2-3,5-6,11-12,17H2,1H3,(H,29,31). The van der Waals surface area contributed by atoms with Gasteiger partial charge in [-0.05, 0) is 48.6 Å². The minimum atomic E-state index is -0.314. The monoisotopic (exact) mass is 432 g/mol. The van der Waals surface area contributed by atoms with E-state index in [9.17, 15) is 14.0 Å². The molecule has 1 amide bonds. The largest absolute Gasteiger partial charge is 0.321 e. The molecule has 1 fully saturated rings. The van der Waals surface area contributed by atoms with Crippen molar-refractivity contribution in [2.24, 2.45) is 5.92 Å². The third-order valence-corrected chi connectivity index (χ3v) is 6.36. The maximum atomic E-state index is 13.4. The van der Waals surface area contributed by atoms with E-state index in [1.807, 2.05) is 43.5 Å². The number of hydrogen-bond donors (Lipinski definition) is 1. The molecule has 32 heavy (non-hydrogen) atoms. The molecule has 1 heterocycles. The molecule has 0 atom stereocenters. The second-order valence-electron chi connectivity index (χ2n) is 8.65. The van der Waals surface area contributed by atoms with Crippen molar-refractivity contribution in [2.75, 3.05) is 5.32 Å². The molecule has 166 valence electrons. The lowest BCUT2D eigenvalue weighted by Crippen LogP contribution is -2.30. The molecule has 0 aliphatic heterocycles. The fourth-order valence-electron chi connectivity index (χ4n) is 4.48. The number of amides is 1. The Labute approximate surface area is 188 Å². The Bertz CT molecular complexity index is 1130. The maximum Gasteiger partial charge on any atom is 0.274 e. The summed E-state index contributed by atoms with van der Waals surface area (Å²) in [7, 11) is 0. The number of carbonyl (C=O) groups is 1. The molecule has 0 bridgehead atoms. The van der Waals surface area contributed by atoms with Crippen LogP contribution in [0.4, 0.5) is 10.1 Å². The molecule has 1 N–H and O–H groups in total. The van der Waals surface area contributed by atoms with E-state index in [1.165, 1.54) is 12.1 Å². The molecule has 0 saturated heterocycles. The molecule has 3 aromatic rings. The Morgan fingerprint density at radius 1 is 1.00 bits per heavy atom. The van der Waals surface area contributed by atoms with Crippen LogP contribution in [0.15, 0.2) is 65.6 Å². The van der Waals surface area contributed by atoms with Gasteiger partial charge >= 0.3 is 0 Å². The number of nitrogens with zero attached hydrogens (tertiary/aromatic N) is 1. The van der Waals surface area contributed by atoms with Gasteiger partial charge in [0, 0.05) is 17.7 Å². The number of carbonyl (C=O) groups excluding carboxylic acids is 1. The molecule has 1 aromatic heterocycles. The average molecular weight is 433 g/mol. The van der Waals surface area contributed by atoms with Crippen molar-refractivity contribution < 1.29 is 9.18 Å². The number of aromatic nitrogens is 1. The van der Waals surface area contributed by atoms with Gasteiger partial charge in [0.1, 0.15) is 11.5 Å². The first kappa shape index (κ1) is 22.0. The van der Waals surface area contributed by atoms with Gasteiger partial charge in [-0.15, -0.1) is 0 Å². The first-order valence-corrected chi connectivity index (χ1v) is 11.4. The number of pyridine rings is 1. The van der Waals surface area contributed by atoms with Crippen LogP contribution in [0.2, 0.25) is 0 Å². The second-order valence-corrected chi connectivity index (χ2v) is 8.65. The van der Waals surface area contributed by atoms with Crippen LogP contribution in [0.1, 0.15) is 49.7 Å². The van der Waals surface area contributed by atoms with Gasteiger partial charge in [-0.25, -0.2) is 4.39 Å². The summed E-state index contributed by atoms with van der Waals surface area (Å²) in [6.45, 7) is 2.18. The summed E-state index contributed by atoms with van der Waals surface area (Å²) in [5.74, 6) is -0.431. The van der Waals surface area contributed by atoms with E-state index in [-0.39, 0.29) is 23.2 Å². The zero-order valence-corrected chi connectivity index (χ0v) is 18.4. The fraction of sp³-hybridized carbons (Fsp3) is 0.333. The van der Waals surface area contributed by atoms with Crippen molar-refractivity contribution in [2.45, 2.75) is 52.0 Å². The van der Waals surface area contributed by atoms with Gasteiger partial charge in [0.2, 0.25) is 5.91 Å². The Balaban J connectivity index is 1.74. The molecule has 0 radical (unpaired) electrons. The van der Waals surface area contributed by atoms with Gasteiger partial charge in [0.05, 0.1) is 6.54 Å². The highest BCUT2D eigenvalue weighted by atomic mass is 19.1. The normalized spacial score (nSPS) is 14.7. The molecule has 1 aliphatic rings. The van der Waals surface area contributed by atoms with Crippen LogP contribution in [-0.4, -0.2) is 10.5 Å². The number of nitrogens with one attached hydrogen (secondary N) is 1. The predicted octanol–water partition coefficient (Wildman–Crippen LogP) is 5.92. The van der Waals surface area contributed by atoms with Crippen LogP contribution in [0.3, 0.4) is 0 Å². The van der Waals surface area contributed by atoms with Crippen LogP contribution in [-0.2, 0) is 11.3 Å². The highest BCUT2D eigenvalue weighted by molar-refractivity contribution is 5.94. The molecular weight excluding hydrogens is 403 g/mol. The van der Waals surface area contributed by atoms with Crippen molar-refractivity contribution >= 4 is 11.6 Å². The summed E-state index contributed by atoms with van der Waals surface area (Å²) in [5.41, 5.74) is 3.54. The first-order valence-electron chi connectivity index (χ1n) is 11.4. The van der Waals surface area contributed by atoms with E-state index < -0.39 is 0 Å². The third kappa shape index (κ3) is 4.98. The summed E-state index contributed by atoms with van der Waals surface area (Å²) in [6.07, 6.45) is 8.00. The molecule has 0 spiro atoms. The molecule has 0 unspecified atom stereocenters. The van der Waals surface area contributed by atoms with Crippen molar-refractivity contribution in [1.29, 1.82) is 0 Å². The summed E-state index contributed by atoms with van der Waals surface area (Å²) in [5, 5.41) is 2.99. The summed E-state index contributed by atoms with van der Waals surface area (Å²) in [4.78, 5) is 26.5. The van der Waals surface area contributed by atoms with Gasteiger partial charge in [0.25, 0.3) is 5.56 Å². The molecule has 1 aliphatic carbocycles. The Kier molecular flexibility index (Phi) is 6.84. The number of benzene rings is 2. The summed E-state index contributed by atoms with van der Waals surface area (Å²) >= 11 is 0. The Hall–Kier alpha value is -3.21. The van der Waals surface area contributed by atoms with E-state index in [2.05, 4.69) is 5.32 Å². The minimum absolute atomic E-state index is 0.0535. The van der Waals surface area contributed by atoms with Gasteiger partial charge in [-0.3, -0.25) is 9.59 Å². The van der Waals surface area contributed by atoms with Crippen molar-refractivity contribution in [1.82, 2.24) is 4.57 Å². The second kappa shape index (κ2) is 9.94. The Morgan fingerprint density at radius 2 is 1.66 bits per heavy atom. The highest BCUT2D eigenvalue weighted by Crippen LogP contribution is 2.28. The van der Waals surface area contributed by atoms with Crippen molar-refractivity contribution in [3.63, 3.8) is 0 Å². The minimum Gasteiger partial charge on any atom is -0.321 e. The van der Waals surface area contributed by atoms with Gasteiger partial charge in [0.15, 0.2) is 0 Å². The van der Waals surface area contributed by atoms with E-state index in [0.29, 0.717) is 12.2 Å². The topological polar surface area (TPSA) is 51.1 Å². The molecular formula is C27H29FN2O2. The summed E-state index contributed by atoms with van der Waals surface area (Å²) < 4.78 is 14.9. The zero-order chi connectivity index (χ0) is 22.5. The van der Waals surface area contributed by atoms with Gasteiger partial charge in [-0.2, -0.15) is 0 Å². The fourth-order valence-corrected chi connectivity index (χ4v) is 4.48. The van der Waals surface area contributed by atoms with E-state index in [4.69, 9.17) is 0 Å². The third-order valence-electron chi connectivity index (χ3n) is 6.36. The molecule has 5 heteroatoms. The lowest BCUT2D eigenvalue weighted by atomic mass is 9.98. The van der Waals surface area contributed by atoms with Crippen LogP contribution in [0, 0.1) is 18.7 Å². The smallest absolute Gasteiger partial charge is 0.274 e. The molecule has 4 rings (SSSR count). The van der Waals surface area contributed by atoms with Gasteiger partial charge < -0.3 is 9.88 Å². The lowest BCUT2D eigenvalue weighted by Gasteiger charge is -2.19. The number of rotatable bonds is 5. The van der Waals surface area contributed by atoms with Crippen LogP contribution < -0.4 is 10.9 Å².